The van der Waals surface area contributed by atoms with Crippen LogP contribution in [0.3, 0.4) is 0 Å². The minimum atomic E-state index is -0.430. The summed E-state index contributed by atoms with van der Waals surface area (Å²) in [4.78, 5) is 25.8. The van der Waals surface area contributed by atoms with E-state index in [1.54, 1.807) is 17.0 Å². The Morgan fingerprint density at radius 3 is 2.62 bits per heavy atom. The Morgan fingerprint density at radius 1 is 1.29 bits per heavy atom. The Balaban J connectivity index is 2.21. The highest BCUT2D eigenvalue weighted by Gasteiger charge is 2.34. The van der Waals surface area contributed by atoms with E-state index in [0.29, 0.717) is 28.9 Å². The van der Waals surface area contributed by atoms with Gasteiger partial charge in [-0.25, -0.2) is 0 Å². The number of hydrogen-bond acceptors (Lipinski definition) is 2. The number of amides is 2. The predicted octanol–water partition coefficient (Wildman–Crippen LogP) is 2.87. The van der Waals surface area contributed by atoms with E-state index in [1.165, 1.54) is 0 Å². The van der Waals surface area contributed by atoms with Crippen molar-refractivity contribution in [1.82, 2.24) is 10.2 Å². The second-order valence-corrected chi connectivity index (χ2v) is 6.45. The number of hydrogen-bond donors (Lipinski definition) is 1. The molecule has 6 heteroatoms. The molecule has 0 bridgehead atoms. The van der Waals surface area contributed by atoms with Gasteiger partial charge in [-0.2, -0.15) is 0 Å². The van der Waals surface area contributed by atoms with Gasteiger partial charge in [0.05, 0.1) is 16.6 Å². The van der Waals surface area contributed by atoms with Gasteiger partial charge in [0, 0.05) is 6.54 Å². The summed E-state index contributed by atoms with van der Waals surface area (Å²) in [5.74, 6) is 0.151. The third-order valence-electron chi connectivity index (χ3n) is 3.44. The van der Waals surface area contributed by atoms with Crippen LogP contribution in [-0.2, 0) is 16.1 Å². The average Bonchev–Trinajstić information content (AvgIpc) is 2.41. The maximum absolute atomic E-state index is 12.1. The second-order valence-electron chi connectivity index (χ2n) is 5.63. The van der Waals surface area contributed by atoms with E-state index in [-0.39, 0.29) is 18.4 Å². The number of carbonyl (C=O) groups excluding carboxylic acids is 2. The van der Waals surface area contributed by atoms with Gasteiger partial charge in [-0.05, 0) is 30.0 Å². The van der Waals surface area contributed by atoms with Gasteiger partial charge in [-0.3, -0.25) is 9.59 Å². The van der Waals surface area contributed by atoms with E-state index in [0.717, 1.165) is 5.56 Å². The Hall–Kier alpha value is -1.26. The highest BCUT2D eigenvalue weighted by atomic mass is 35.5. The number of piperazine rings is 1. The number of nitrogens with one attached hydrogen (secondary N) is 1. The Kier molecular flexibility index (Phi) is 5.12. The molecule has 4 nitrogen and oxygen atoms in total. The first-order valence-corrected chi connectivity index (χ1v) is 7.65. The molecule has 2 rings (SSSR count). The fourth-order valence-corrected chi connectivity index (χ4v) is 2.73. The highest BCUT2D eigenvalue weighted by Crippen LogP contribution is 2.25. The second kappa shape index (κ2) is 6.67. The minimum Gasteiger partial charge on any atom is -0.345 e. The molecule has 0 saturated carbocycles. The smallest absolute Gasteiger partial charge is 0.243 e. The lowest BCUT2D eigenvalue weighted by molar-refractivity contribution is -0.146. The zero-order valence-electron chi connectivity index (χ0n) is 12.0. The van der Waals surface area contributed by atoms with E-state index in [4.69, 9.17) is 23.2 Å². The number of nitrogens with zero attached hydrogens (tertiary/aromatic N) is 1. The van der Waals surface area contributed by atoms with Crippen LogP contribution in [0.2, 0.25) is 10.0 Å². The molecule has 1 aliphatic heterocycles. The van der Waals surface area contributed by atoms with Crippen LogP contribution in [0.25, 0.3) is 0 Å². The van der Waals surface area contributed by atoms with Crippen molar-refractivity contribution in [2.24, 2.45) is 5.92 Å². The van der Waals surface area contributed by atoms with Crippen LogP contribution in [0, 0.1) is 5.92 Å². The number of benzene rings is 1. The van der Waals surface area contributed by atoms with Gasteiger partial charge in [-0.15, -0.1) is 0 Å². The topological polar surface area (TPSA) is 49.4 Å². The van der Waals surface area contributed by atoms with Gasteiger partial charge in [-0.1, -0.05) is 43.1 Å². The summed E-state index contributed by atoms with van der Waals surface area (Å²) >= 11 is 11.9. The zero-order valence-corrected chi connectivity index (χ0v) is 13.5. The van der Waals surface area contributed by atoms with Crippen LogP contribution >= 0.6 is 23.2 Å². The first-order valence-electron chi connectivity index (χ1n) is 6.89. The van der Waals surface area contributed by atoms with Crippen molar-refractivity contribution < 1.29 is 9.59 Å². The SMILES string of the molecule is CC(C)CC1C(=O)NCC(=O)N1Cc1ccc(Cl)c(Cl)c1. The summed E-state index contributed by atoms with van der Waals surface area (Å²) in [5.41, 5.74) is 0.862. The van der Waals surface area contributed by atoms with E-state index < -0.39 is 6.04 Å². The summed E-state index contributed by atoms with van der Waals surface area (Å²) in [7, 11) is 0. The molecule has 2 amide bonds. The summed E-state index contributed by atoms with van der Waals surface area (Å²) < 4.78 is 0. The molecule has 0 spiro atoms. The molecule has 0 aromatic heterocycles. The van der Waals surface area contributed by atoms with Crippen molar-refractivity contribution in [3.05, 3.63) is 33.8 Å². The molecule has 21 heavy (non-hydrogen) atoms. The fourth-order valence-electron chi connectivity index (χ4n) is 2.41. The van der Waals surface area contributed by atoms with Gasteiger partial charge in [0.15, 0.2) is 0 Å². The van der Waals surface area contributed by atoms with Crippen LogP contribution in [0.5, 0.6) is 0 Å². The molecule has 1 aromatic carbocycles. The summed E-state index contributed by atoms with van der Waals surface area (Å²) in [6.45, 7) is 4.47. The lowest BCUT2D eigenvalue weighted by Gasteiger charge is -2.36. The molecule has 1 fully saturated rings. The van der Waals surface area contributed by atoms with Crippen molar-refractivity contribution in [3.8, 4) is 0 Å². The molecular weight excluding hydrogens is 311 g/mol. The number of halogens is 2. The first-order chi connectivity index (χ1) is 9.88. The first kappa shape index (κ1) is 16.1. The predicted molar refractivity (Wildman–Crippen MR) is 83.3 cm³/mol. The average molecular weight is 329 g/mol. The Bertz CT molecular complexity index is 561. The van der Waals surface area contributed by atoms with E-state index in [1.807, 2.05) is 19.9 Å². The van der Waals surface area contributed by atoms with Crippen molar-refractivity contribution in [3.63, 3.8) is 0 Å². The maximum atomic E-state index is 12.1. The Morgan fingerprint density at radius 2 is 2.00 bits per heavy atom. The lowest BCUT2D eigenvalue weighted by Crippen LogP contribution is -2.58. The molecule has 1 atom stereocenters. The molecule has 1 saturated heterocycles. The van der Waals surface area contributed by atoms with Gasteiger partial charge in [0.2, 0.25) is 11.8 Å². The maximum Gasteiger partial charge on any atom is 0.243 e. The van der Waals surface area contributed by atoms with Crippen molar-refractivity contribution in [2.45, 2.75) is 32.9 Å². The molecule has 1 N–H and O–H groups in total. The summed E-state index contributed by atoms with van der Waals surface area (Å²) in [6.07, 6.45) is 0.638. The largest absolute Gasteiger partial charge is 0.345 e. The standard InChI is InChI=1S/C15H18Cl2N2O2/c1-9(2)5-13-15(21)18-7-14(20)19(13)8-10-3-4-11(16)12(17)6-10/h3-4,6,9,13H,5,7-8H2,1-2H3,(H,18,21). The van der Waals surface area contributed by atoms with Crippen LogP contribution in [-0.4, -0.2) is 29.3 Å². The van der Waals surface area contributed by atoms with Crippen LogP contribution in [0.15, 0.2) is 18.2 Å². The van der Waals surface area contributed by atoms with Crippen molar-refractivity contribution in [2.75, 3.05) is 6.54 Å². The van der Waals surface area contributed by atoms with Crippen LogP contribution in [0.1, 0.15) is 25.8 Å². The molecule has 1 unspecified atom stereocenters. The van der Waals surface area contributed by atoms with E-state index in [2.05, 4.69) is 5.32 Å². The monoisotopic (exact) mass is 328 g/mol. The van der Waals surface area contributed by atoms with Crippen LogP contribution in [0.4, 0.5) is 0 Å². The van der Waals surface area contributed by atoms with Crippen LogP contribution < -0.4 is 5.32 Å². The molecule has 1 aliphatic rings. The van der Waals surface area contributed by atoms with Gasteiger partial charge in [0.25, 0.3) is 0 Å². The minimum absolute atomic E-state index is 0.0503. The van der Waals surface area contributed by atoms with Gasteiger partial charge >= 0.3 is 0 Å². The fraction of sp³-hybridized carbons (Fsp3) is 0.467. The van der Waals surface area contributed by atoms with Crippen molar-refractivity contribution in [1.29, 1.82) is 0 Å². The van der Waals surface area contributed by atoms with E-state index >= 15 is 0 Å². The molecule has 114 valence electrons. The third kappa shape index (κ3) is 3.89. The molecule has 0 aliphatic carbocycles. The Labute approximate surface area is 134 Å². The quantitative estimate of drug-likeness (QED) is 0.923. The normalized spacial score (nSPS) is 19.1. The van der Waals surface area contributed by atoms with E-state index in [9.17, 15) is 9.59 Å². The summed E-state index contributed by atoms with van der Waals surface area (Å²) in [6, 6.07) is 4.82. The van der Waals surface area contributed by atoms with Gasteiger partial charge < -0.3 is 10.2 Å². The molecule has 0 radical (unpaired) electrons. The highest BCUT2D eigenvalue weighted by molar-refractivity contribution is 6.42. The molecule has 1 aromatic rings. The third-order valence-corrected chi connectivity index (χ3v) is 4.18. The van der Waals surface area contributed by atoms with Crippen molar-refractivity contribution >= 4 is 35.0 Å². The molecular formula is C15H18Cl2N2O2. The number of rotatable bonds is 4. The van der Waals surface area contributed by atoms with Gasteiger partial charge in [0.1, 0.15) is 6.04 Å². The number of carbonyl (C=O) groups is 2. The zero-order chi connectivity index (χ0) is 15.6. The summed E-state index contributed by atoms with van der Waals surface area (Å²) in [5, 5.41) is 3.57. The lowest BCUT2D eigenvalue weighted by atomic mass is 9.99. The molecule has 1 heterocycles.